The van der Waals surface area contributed by atoms with Crippen LogP contribution in [0.1, 0.15) is 30.9 Å². The van der Waals surface area contributed by atoms with E-state index in [0.717, 1.165) is 40.2 Å². The van der Waals surface area contributed by atoms with E-state index < -0.39 is 0 Å². The summed E-state index contributed by atoms with van der Waals surface area (Å²) in [5.74, 6) is 4.02. The first-order valence-corrected chi connectivity index (χ1v) is 7.64. The fraction of sp³-hybridized carbons (Fsp3) is 0.471. The van der Waals surface area contributed by atoms with Gasteiger partial charge in [-0.1, -0.05) is 18.2 Å². The van der Waals surface area contributed by atoms with E-state index in [-0.39, 0.29) is 0 Å². The summed E-state index contributed by atoms with van der Waals surface area (Å²) < 4.78 is 7.33. The summed E-state index contributed by atoms with van der Waals surface area (Å²) in [4.78, 5) is 0. The zero-order valence-electron chi connectivity index (χ0n) is 12.5. The second-order valence-corrected chi connectivity index (χ2v) is 6.39. The smallest absolute Gasteiger partial charge is 0.129 e. The van der Waals surface area contributed by atoms with Crippen molar-refractivity contribution in [2.75, 3.05) is 12.8 Å². The van der Waals surface area contributed by atoms with E-state index in [1.165, 1.54) is 19.3 Å². The van der Waals surface area contributed by atoms with Crippen LogP contribution in [0.25, 0.3) is 11.1 Å². The summed E-state index contributed by atoms with van der Waals surface area (Å²) in [6.07, 6.45) is 3.95. The number of methoxy groups -OCH3 is 1. The summed E-state index contributed by atoms with van der Waals surface area (Å²) in [5.41, 5.74) is 9.60. The third-order valence-electron chi connectivity index (χ3n) is 5.13. The van der Waals surface area contributed by atoms with Crippen LogP contribution in [0.2, 0.25) is 0 Å². The van der Waals surface area contributed by atoms with Gasteiger partial charge in [0.15, 0.2) is 0 Å². The van der Waals surface area contributed by atoms with Crippen LogP contribution in [0, 0.1) is 11.8 Å². The van der Waals surface area contributed by atoms with Crippen LogP contribution in [0.5, 0.6) is 5.75 Å². The zero-order valence-corrected chi connectivity index (χ0v) is 12.5. The van der Waals surface area contributed by atoms with Crippen LogP contribution < -0.4 is 10.5 Å². The van der Waals surface area contributed by atoms with Gasteiger partial charge >= 0.3 is 0 Å². The molecular formula is C17H21N3O. The minimum atomic E-state index is 0.553. The Morgan fingerprint density at radius 3 is 2.62 bits per heavy atom. The van der Waals surface area contributed by atoms with Crippen molar-refractivity contribution in [1.29, 1.82) is 0 Å². The van der Waals surface area contributed by atoms with Crippen LogP contribution in [-0.2, 0) is 7.05 Å². The molecule has 0 spiro atoms. The topological polar surface area (TPSA) is 53.1 Å². The predicted octanol–water partition coefficient (Wildman–Crippen LogP) is 3.19. The molecular weight excluding hydrogens is 262 g/mol. The summed E-state index contributed by atoms with van der Waals surface area (Å²) in [6.45, 7) is 0. The fourth-order valence-electron chi connectivity index (χ4n) is 3.91. The average Bonchev–Trinajstić information content (AvgIpc) is 2.99. The number of benzene rings is 1. The molecule has 4 heteroatoms. The van der Waals surface area contributed by atoms with Crippen LogP contribution >= 0.6 is 0 Å². The van der Waals surface area contributed by atoms with Gasteiger partial charge in [0, 0.05) is 18.5 Å². The Labute approximate surface area is 124 Å². The highest BCUT2D eigenvalue weighted by molar-refractivity contribution is 5.81. The first-order valence-electron chi connectivity index (χ1n) is 7.64. The molecule has 2 aliphatic carbocycles. The van der Waals surface area contributed by atoms with E-state index in [0.29, 0.717) is 5.92 Å². The maximum Gasteiger partial charge on any atom is 0.129 e. The highest BCUT2D eigenvalue weighted by Crippen LogP contribution is 2.58. The summed E-state index contributed by atoms with van der Waals surface area (Å²) in [6, 6.07) is 8.07. The number of aryl methyl sites for hydroxylation is 1. The Morgan fingerprint density at radius 2 is 1.90 bits per heavy atom. The summed E-state index contributed by atoms with van der Waals surface area (Å²) in [7, 11) is 3.63. The molecule has 0 saturated heterocycles. The number of ether oxygens (including phenoxy) is 1. The maximum absolute atomic E-state index is 6.32. The van der Waals surface area contributed by atoms with Gasteiger partial charge in [0.05, 0.1) is 18.4 Å². The quantitative estimate of drug-likeness (QED) is 0.941. The molecule has 2 saturated carbocycles. The van der Waals surface area contributed by atoms with Gasteiger partial charge in [-0.2, -0.15) is 5.10 Å². The predicted molar refractivity (Wildman–Crippen MR) is 83.2 cm³/mol. The van der Waals surface area contributed by atoms with Gasteiger partial charge in [0.2, 0.25) is 0 Å². The standard InChI is InChI=1S/C17H21N3O/c1-20-17(18)15(13-5-3-4-6-14(13)21-2)16(19-20)12-8-10-7-11(10)9-12/h3-6,10-12H,7-9,18H2,1-2H3. The number of hydrogen-bond donors (Lipinski definition) is 1. The number of rotatable bonds is 3. The molecule has 2 aliphatic rings. The number of fused-ring (bicyclic) bond motifs is 1. The van der Waals surface area contributed by atoms with Crippen molar-refractivity contribution < 1.29 is 4.74 Å². The van der Waals surface area contributed by atoms with Crippen LogP contribution in [0.15, 0.2) is 24.3 Å². The lowest BCUT2D eigenvalue weighted by atomic mass is 9.93. The number of nitrogens with zero attached hydrogens (tertiary/aromatic N) is 2. The first-order chi connectivity index (χ1) is 10.2. The van der Waals surface area contributed by atoms with E-state index in [4.69, 9.17) is 15.6 Å². The van der Waals surface area contributed by atoms with Gasteiger partial charge < -0.3 is 10.5 Å². The summed E-state index contributed by atoms with van der Waals surface area (Å²) >= 11 is 0. The molecule has 2 atom stereocenters. The zero-order chi connectivity index (χ0) is 14.6. The molecule has 0 bridgehead atoms. The minimum Gasteiger partial charge on any atom is -0.496 e. The molecule has 1 aromatic carbocycles. The molecule has 2 N–H and O–H groups in total. The van der Waals surface area contributed by atoms with Gasteiger partial charge in [0.1, 0.15) is 11.6 Å². The second kappa shape index (κ2) is 4.52. The van der Waals surface area contributed by atoms with E-state index in [1.54, 1.807) is 11.8 Å². The highest BCUT2D eigenvalue weighted by Gasteiger charge is 2.47. The molecule has 1 heterocycles. The van der Waals surface area contributed by atoms with Crippen molar-refractivity contribution >= 4 is 5.82 Å². The number of hydrogen-bond acceptors (Lipinski definition) is 3. The Hall–Kier alpha value is -1.97. The lowest BCUT2D eigenvalue weighted by Crippen LogP contribution is -2.00. The van der Waals surface area contributed by atoms with Crippen molar-refractivity contribution in [2.24, 2.45) is 18.9 Å². The van der Waals surface area contributed by atoms with E-state index in [2.05, 4.69) is 6.07 Å². The molecule has 4 rings (SSSR count). The summed E-state index contributed by atoms with van der Waals surface area (Å²) in [5, 5.41) is 4.74. The van der Waals surface area contributed by atoms with Crippen LogP contribution in [0.4, 0.5) is 5.82 Å². The van der Waals surface area contributed by atoms with Gasteiger partial charge in [-0.15, -0.1) is 0 Å². The molecule has 2 aromatic rings. The Balaban J connectivity index is 1.83. The molecule has 2 unspecified atom stereocenters. The van der Waals surface area contributed by atoms with Crippen molar-refractivity contribution in [3.05, 3.63) is 30.0 Å². The number of aromatic nitrogens is 2. The SMILES string of the molecule is COc1ccccc1-c1c(C2CC3CC3C2)nn(C)c1N. The van der Waals surface area contributed by atoms with Gasteiger partial charge in [-0.3, -0.25) is 4.68 Å². The molecule has 0 amide bonds. The molecule has 21 heavy (non-hydrogen) atoms. The van der Waals surface area contributed by atoms with E-state index >= 15 is 0 Å². The monoisotopic (exact) mass is 283 g/mol. The van der Waals surface area contributed by atoms with Crippen LogP contribution in [0.3, 0.4) is 0 Å². The first kappa shape index (κ1) is 12.7. The molecule has 2 fully saturated rings. The Kier molecular flexibility index (Phi) is 2.74. The maximum atomic E-state index is 6.32. The minimum absolute atomic E-state index is 0.553. The number of para-hydroxylation sites is 1. The number of nitrogens with two attached hydrogens (primary N) is 1. The van der Waals surface area contributed by atoms with Crippen molar-refractivity contribution in [2.45, 2.75) is 25.2 Å². The lowest BCUT2D eigenvalue weighted by molar-refractivity contribution is 0.416. The third kappa shape index (κ3) is 1.93. The van der Waals surface area contributed by atoms with Gasteiger partial charge in [0.25, 0.3) is 0 Å². The second-order valence-electron chi connectivity index (χ2n) is 6.39. The third-order valence-corrected chi connectivity index (χ3v) is 5.13. The van der Waals surface area contributed by atoms with Crippen molar-refractivity contribution in [3.8, 4) is 16.9 Å². The molecule has 0 aliphatic heterocycles. The lowest BCUT2D eigenvalue weighted by Gasteiger charge is -2.14. The van der Waals surface area contributed by atoms with Gasteiger partial charge in [-0.25, -0.2) is 0 Å². The van der Waals surface area contributed by atoms with Gasteiger partial charge in [-0.05, 0) is 37.2 Å². The van der Waals surface area contributed by atoms with Crippen LogP contribution in [-0.4, -0.2) is 16.9 Å². The molecule has 0 radical (unpaired) electrons. The average molecular weight is 283 g/mol. The van der Waals surface area contributed by atoms with E-state index in [1.807, 2.05) is 25.2 Å². The Bertz CT molecular complexity index is 681. The number of anilines is 1. The van der Waals surface area contributed by atoms with Crippen molar-refractivity contribution in [1.82, 2.24) is 9.78 Å². The number of nitrogen functional groups attached to an aromatic ring is 1. The normalized spacial score (nSPS) is 26.7. The van der Waals surface area contributed by atoms with Crippen molar-refractivity contribution in [3.63, 3.8) is 0 Å². The molecule has 1 aromatic heterocycles. The molecule has 110 valence electrons. The van der Waals surface area contributed by atoms with E-state index in [9.17, 15) is 0 Å². The highest BCUT2D eigenvalue weighted by atomic mass is 16.5. The largest absolute Gasteiger partial charge is 0.496 e. The molecule has 4 nitrogen and oxygen atoms in total. The fourth-order valence-corrected chi connectivity index (χ4v) is 3.91. The Morgan fingerprint density at radius 1 is 1.19 bits per heavy atom.